The number of thioether (sulfide) groups is 2. The van der Waals surface area contributed by atoms with E-state index >= 15 is 0 Å². The lowest BCUT2D eigenvalue weighted by atomic mass is 10.1. The van der Waals surface area contributed by atoms with Gasteiger partial charge in [0.1, 0.15) is 35.7 Å². The number of nitrogens with one attached hydrogen (secondary N) is 2. The average molecular weight is 860 g/mol. The second-order valence-electron chi connectivity index (χ2n) is 16.9. The lowest BCUT2D eigenvalue weighted by Gasteiger charge is -2.41. The number of H-pyrrole nitrogens is 2. The molecular weight excluding hydrogens is 798 g/mol. The molecule has 14 nitrogen and oxygen atoms in total. The highest BCUT2D eigenvalue weighted by Crippen LogP contribution is 2.52. The van der Waals surface area contributed by atoms with Gasteiger partial charge in [-0.2, -0.15) is 0 Å². The van der Waals surface area contributed by atoms with E-state index in [1.165, 1.54) is 40.9 Å². The molecule has 9 atom stereocenters. The number of aliphatic hydroxyl groups is 1. The van der Waals surface area contributed by atoms with E-state index in [-0.39, 0.29) is 43.5 Å². The maximum Gasteiger partial charge on any atom is 0.329 e. The minimum atomic E-state index is -2.19. The molecule has 2 aromatic rings. The summed E-state index contributed by atoms with van der Waals surface area (Å²) in [5.74, 6) is 0. The van der Waals surface area contributed by atoms with Crippen LogP contribution in [0, 0.1) is 6.57 Å². The van der Waals surface area contributed by atoms with Gasteiger partial charge in [-0.3, -0.25) is 28.7 Å². The first-order valence-electron chi connectivity index (χ1n) is 18.7. The molecule has 0 radical (unpaired) electrons. The number of hydrogen-bond donors (Lipinski definition) is 3. The predicted octanol–water partition coefficient (Wildman–Crippen LogP) is 6.53. The summed E-state index contributed by atoms with van der Waals surface area (Å²) in [7, 11) is -5.51. The Balaban J connectivity index is 0.000000305. The van der Waals surface area contributed by atoms with Crippen molar-refractivity contribution in [1.29, 1.82) is 0 Å². The van der Waals surface area contributed by atoms with Crippen LogP contribution in [-0.4, -0.2) is 95.6 Å². The van der Waals surface area contributed by atoms with E-state index in [4.69, 9.17) is 24.5 Å². The van der Waals surface area contributed by atoms with Gasteiger partial charge in [0.15, 0.2) is 25.0 Å². The fourth-order valence-electron chi connectivity index (χ4n) is 5.63. The smallest absolute Gasteiger partial charge is 0.329 e. The van der Waals surface area contributed by atoms with E-state index in [1.54, 1.807) is 16.3 Å². The van der Waals surface area contributed by atoms with Crippen molar-refractivity contribution in [3.8, 4) is 0 Å². The Kier molecular flexibility index (Phi) is 16.7. The average Bonchev–Trinajstić information content (AvgIpc) is 3.55. The molecule has 2 aliphatic rings. The largest absolute Gasteiger partial charge is 0.408 e. The molecule has 2 saturated heterocycles. The zero-order valence-corrected chi connectivity index (χ0v) is 39.1. The number of aromatic nitrogens is 4. The zero-order chi connectivity index (χ0) is 41.7. The molecule has 4 heterocycles. The van der Waals surface area contributed by atoms with Gasteiger partial charge in [-0.1, -0.05) is 55.4 Å². The van der Waals surface area contributed by atoms with Crippen LogP contribution in [-0.2, 0) is 17.9 Å². The summed E-state index contributed by atoms with van der Waals surface area (Å²) in [6.45, 7) is 35.1. The zero-order valence-electron chi connectivity index (χ0n) is 34.6. The van der Waals surface area contributed by atoms with Gasteiger partial charge >= 0.3 is 11.4 Å². The van der Waals surface area contributed by atoms with Gasteiger partial charge in [-0.05, 0) is 49.1 Å². The van der Waals surface area contributed by atoms with Crippen LogP contribution in [0.1, 0.15) is 79.0 Å². The topological polar surface area (TPSA) is 171 Å². The Bertz CT molecular complexity index is 1850. The number of aromatic amines is 2. The number of nitrogens with zero attached hydrogens (tertiary/aromatic N) is 3. The van der Waals surface area contributed by atoms with E-state index in [0.29, 0.717) is 13.2 Å². The molecule has 4 rings (SSSR count). The molecule has 2 fully saturated rings. The first-order chi connectivity index (χ1) is 25.4. The van der Waals surface area contributed by atoms with E-state index in [0.717, 1.165) is 12.8 Å². The van der Waals surface area contributed by atoms with Crippen molar-refractivity contribution < 1.29 is 23.0 Å². The second kappa shape index (κ2) is 19.3. The SMILES string of the molecule is CC[C@H]1SC(n2ccc(=O)[nH]c2=O)[C@H](O[Si](C)(C)C(C)(C)C)[C@@H]1O.[C-]#[N+]CCOP(C)O[C@@H]1[C@@H](CC)SC(n2ccc(=O)[nH]c2=O)[C@@H]1O[Si](C)(C)C(C)(C)C. The molecule has 0 saturated carbocycles. The molecule has 55 heavy (non-hydrogen) atoms. The molecule has 3 N–H and O–H groups in total. The van der Waals surface area contributed by atoms with Gasteiger partial charge in [0, 0.05) is 41.7 Å². The van der Waals surface area contributed by atoms with Crippen LogP contribution < -0.4 is 22.5 Å². The van der Waals surface area contributed by atoms with Gasteiger partial charge in [0.05, 0.1) is 6.10 Å². The monoisotopic (exact) mass is 859 g/mol. The molecule has 0 aromatic carbocycles. The van der Waals surface area contributed by atoms with Crippen molar-refractivity contribution in [3.63, 3.8) is 0 Å². The molecule has 0 spiro atoms. The molecule has 2 aromatic heterocycles. The Hall–Kier alpha value is -1.79. The van der Waals surface area contributed by atoms with Crippen LogP contribution >= 0.6 is 31.9 Å². The van der Waals surface area contributed by atoms with Crippen molar-refractivity contribution in [3.05, 3.63) is 77.6 Å². The maximum atomic E-state index is 12.6. The van der Waals surface area contributed by atoms with Crippen molar-refractivity contribution in [2.45, 2.75) is 150 Å². The number of hydrogen-bond acceptors (Lipinski definition) is 11. The normalized spacial score (nSPS) is 26.6. The summed E-state index contributed by atoms with van der Waals surface area (Å²) >= 11 is 3.18. The highest BCUT2D eigenvalue weighted by atomic mass is 32.2. The summed E-state index contributed by atoms with van der Waals surface area (Å²) < 4.78 is 28.4. The fourth-order valence-corrected chi connectivity index (χ4v) is 12.6. The summed E-state index contributed by atoms with van der Waals surface area (Å²) in [6.07, 6.45) is 2.92. The van der Waals surface area contributed by atoms with Crippen LogP contribution in [0.5, 0.6) is 0 Å². The molecule has 2 aliphatic heterocycles. The van der Waals surface area contributed by atoms with Crippen molar-refractivity contribution in [2.24, 2.45) is 0 Å². The highest BCUT2D eigenvalue weighted by Gasteiger charge is 2.52. The third kappa shape index (κ3) is 11.9. The first-order valence-corrected chi connectivity index (χ1v) is 28.1. The first kappa shape index (κ1) is 47.6. The minimum absolute atomic E-state index is 0.00218. The van der Waals surface area contributed by atoms with E-state index < -0.39 is 59.7 Å². The Labute approximate surface area is 336 Å². The van der Waals surface area contributed by atoms with Crippen LogP contribution in [0.3, 0.4) is 0 Å². The Morgan fingerprint density at radius 3 is 1.65 bits per heavy atom. The van der Waals surface area contributed by atoms with Crippen LogP contribution in [0.25, 0.3) is 4.85 Å². The third-order valence-electron chi connectivity index (χ3n) is 10.9. The quantitative estimate of drug-likeness (QED) is 0.0867. The third-order valence-corrected chi connectivity index (χ3v) is 24.4. The molecular formula is C36H62N5O9PS2Si2. The summed E-state index contributed by atoms with van der Waals surface area (Å²) in [6, 6.07) is 2.69. The lowest BCUT2D eigenvalue weighted by molar-refractivity contribution is 0.0246. The van der Waals surface area contributed by atoms with Gasteiger partial charge in [-0.15, -0.1) is 23.5 Å². The van der Waals surface area contributed by atoms with Crippen LogP contribution in [0.4, 0.5) is 0 Å². The molecule has 0 bridgehead atoms. The number of rotatable bonds is 13. The molecule has 0 amide bonds. The summed E-state index contributed by atoms with van der Waals surface area (Å²) in [5, 5.41) is 10.2. The standard InChI is InChI=1S/C20H34N3O5PSSi.C16H28N2O4SSi/c1-9-14-16(27-29(6)26-13-11-21-5)17(28-31(7,8)20(2,3)4)18(30-14)23-12-10-15(24)22-19(23)25;1-7-10-12(20)13(22-24(5,6)16(2,3)4)14(23-10)18-9-8-11(19)17-15(18)21/h10,12,14,16-18H,9,11,13H2,1-4,6-8H3,(H,22,24,25);8-10,12-14,20H,7H2,1-6H3,(H,17,19,21)/t14-,16-,17-,18?,29?;10-,12-,13-,14?/m11/s1. The molecule has 310 valence electrons. The second-order valence-corrected chi connectivity index (χ2v) is 30.5. The Morgan fingerprint density at radius 1 is 0.800 bits per heavy atom. The number of aliphatic hydroxyl groups excluding tert-OH is 1. The van der Waals surface area contributed by atoms with Crippen molar-refractivity contribution in [1.82, 2.24) is 19.1 Å². The highest BCUT2D eigenvalue weighted by molar-refractivity contribution is 8.00. The molecule has 19 heteroatoms. The van der Waals surface area contributed by atoms with Crippen LogP contribution in [0.2, 0.25) is 36.3 Å². The lowest BCUT2D eigenvalue weighted by Crippen LogP contribution is -2.49. The predicted molar refractivity (Wildman–Crippen MR) is 229 cm³/mol. The van der Waals surface area contributed by atoms with E-state index in [9.17, 15) is 24.3 Å². The molecule has 3 unspecified atom stereocenters. The van der Waals surface area contributed by atoms with Crippen molar-refractivity contribution >= 4 is 48.5 Å². The maximum absolute atomic E-state index is 12.6. The van der Waals surface area contributed by atoms with Crippen molar-refractivity contribution in [2.75, 3.05) is 19.8 Å². The van der Waals surface area contributed by atoms with Gasteiger partial charge in [0.2, 0.25) is 6.54 Å². The minimum Gasteiger partial charge on any atom is -0.408 e. The fraction of sp³-hybridized carbons (Fsp3) is 0.750. The Morgan fingerprint density at radius 2 is 1.24 bits per heavy atom. The summed E-state index contributed by atoms with van der Waals surface area (Å²) in [4.78, 5) is 55.7. The van der Waals surface area contributed by atoms with Crippen LogP contribution in [0.15, 0.2) is 43.7 Å². The van der Waals surface area contributed by atoms with Gasteiger partial charge in [-0.25, -0.2) is 16.2 Å². The molecule has 0 aliphatic carbocycles. The van der Waals surface area contributed by atoms with E-state index in [2.05, 4.69) is 89.5 Å². The van der Waals surface area contributed by atoms with Gasteiger partial charge < -0.3 is 27.9 Å². The van der Waals surface area contributed by atoms with E-state index in [1.807, 2.05) is 13.6 Å². The van der Waals surface area contributed by atoms with Gasteiger partial charge in [0.25, 0.3) is 11.1 Å². The summed E-state index contributed by atoms with van der Waals surface area (Å²) in [5.41, 5.74) is -1.76.